The lowest BCUT2D eigenvalue weighted by Gasteiger charge is -2.33. The second kappa shape index (κ2) is 13.9. The van der Waals surface area contributed by atoms with E-state index < -0.39 is 17.7 Å². The molecule has 1 atom stereocenters. The number of nitrogens with one attached hydrogen (secondary N) is 2. The third kappa shape index (κ3) is 7.06. The van der Waals surface area contributed by atoms with Gasteiger partial charge in [0.1, 0.15) is 11.7 Å². The minimum Gasteiger partial charge on any atom is -0.493 e. The summed E-state index contributed by atoms with van der Waals surface area (Å²) in [6.07, 6.45) is 7.61. The molecule has 1 unspecified atom stereocenters. The van der Waals surface area contributed by atoms with E-state index in [1.165, 1.54) is 6.20 Å². The van der Waals surface area contributed by atoms with Crippen molar-refractivity contribution in [1.29, 1.82) is 0 Å². The number of hydrogen-bond donors (Lipinski definition) is 4. The standard InChI is InChI=1S/C38H40N4O6/c1-24-4-6-26(7-5-24)31-21-42(23-38(45)14-16-48-17-15-38)22-32(35(31)43)37(44)41-29-11-8-25(9-12-29)30-18-28(20-40-36(30)39)27-10-13-33(46-2)34(19-27)47-3/h4-13,18-22,36,40,45H,14-17,23,39H2,1-3H3,(H,41,44). The van der Waals surface area contributed by atoms with Crippen molar-refractivity contribution in [3.63, 3.8) is 0 Å². The van der Waals surface area contributed by atoms with Crippen molar-refractivity contribution >= 4 is 22.7 Å². The largest absolute Gasteiger partial charge is 0.493 e. The molecule has 3 heterocycles. The molecule has 10 nitrogen and oxygen atoms in total. The summed E-state index contributed by atoms with van der Waals surface area (Å²) in [6.45, 7) is 3.11. The molecule has 1 amide bonds. The van der Waals surface area contributed by atoms with Gasteiger partial charge in [-0.05, 0) is 65.1 Å². The number of pyridine rings is 1. The fraction of sp³-hybridized carbons (Fsp3) is 0.263. The van der Waals surface area contributed by atoms with Crippen LogP contribution in [0.15, 0.2) is 96.2 Å². The van der Waals surface area contributed by atoms with Crippen LogP contribution in [0, 0.1) is 6.92 Å². The van der Waals surface area contributed by atoms with Crippen LogP contribution in [0.3, 0.4) is 0 Å². The fourth-order valence-corrected chi connectivity index (χ4v) is 6.03. The molecule has 0 spiro atoms. The van der Waals surface area contributed by atoms with E-state index in [2.05, 4.69) is 10.6 Å². The summed E-state index contributed by atoms with van der Waals surface area (Å²) in [5.74, 6) is 0.723. The van der Waals surface area contributed by atoms with Crippen molar-refractivity contribution < 1.29 is 24.1 Å². The average molecular weight is 649 g/mol. The van der Waals surface area contributed by atoms with Gasteiger partial charge in [0.2, 0.25) is 5.43 Å². The number of methoxy groups -OCH3 is 2. The number of carbonyl (C=O) groups is 1. The number of anilines is 1. The van der Waals surface area contributed by atoms with Crippen molar-refractivity contribution in [3.8, 4) is 22.6 Å². The van der Waals surface area contributed by atoms with Crippen LogP contribution in [-0.2, 0) is 11.3 Å². The Balaban J connectivity index is 1.26. The molecule has 5 N–H and O–H groups in total. The Bertz CT molecular complexity index is 1920. The van der Waals surface area contributed by atoms with E-state index in [9.17, 15) is 14.7 Å². The van der Waals surface area contributed by atoms with Crippen LogP contribution in [-0.4, -0.2) is 54.8 Å². The molecule has 1 aromatic heterocycles. The average Bonchev–Trinajstić information content (AvgIpc) is 3.10. The van der Waals surface area contributed by atoms with E-state index in [0.29, 0.717) is 54.4 Å². The molecule has 0 radical (unpaired) electrons. The topological polar surface area (TPSA) is 137 Å². The van der Waals surface area contributed by atoms with Crippen molar-refractivity contribution in [2.24, 2.45) is 5.73 Å². The van der Waals surface area contributed by atoms with E-state index in [4.69, 9.17) is 19.9 Å². The molecule has 2 aliphatic rings. The summed E-state index contributed by atoms with van der Waals surface area (Å²) in [5, 5.41) is 17.3. The summed E-state index contributed by atoms with van der Waals surface area (Å²) in [7, 11) is 3.19. The van der Waals surface area contributed by atoms with Gasteiger partial charge in [0.25, 0.3) is 5.91 Å². The van der Waals surface area contributed by atoms with E-state index >= 15 is 0 Å². The van der Waals surface area contributed by atoms with Crippen molar-refractivity contribution in [2.45, 2.75) is 38.1 Å². The Kier molecular flexibility index (Phi) is 9.49. The van der Waals surface area contributed by atoms with Crippen LogP contribution in [0.25, 0.3) is 22.3 Å². The smallest absolute Gasteiger partial charge is 0.261 e. The van der Waals surface area contributed by atoms with E-state index in [1.807, 2.05) is 73.8 Å². The first kappa shape index (κ1) is 32.8. The molecule has 6 rings (SSSR count). The van der Waals surface area contributed by atoms with E-state index in [-0.39, 0.29) is 17.5 Å². The SMILES string of the molecule is COc1ccc(C2=CNC(N)C(c3ccc(NC(=O)c4cn(CC5(O)CCOCC5)cc(-c5ccc(C)cc5)c4=O)cc3)=C2)cc1OC. The maximum atomic E-state index is 13.7. The lowest BCUT2D eigenvalue weighted by Crippen LogP contribution is -2.40. The van der Waals surface area contributed by atoms with Gasteiger partial charge in [-0.1, -0.05) is 48.0 Å². The molecular formula is C38H40N4O6. The van der Waals surface area contributed by atoms with Crippen LogP contribution in [0.5, 0.6) is 11.5 Å². The van der Waals surface area contributed by atoms with Gasteiger partial charge in [-0.25, -0.2) is 0 Å². The second-order valence-electron chi connectivity index (χ2n) is 12.2. The zero-order valence-electron chi connectivity index (χ0n) is 27.3. The van der Waals surface area contributed by atoms with Gasteiger partial charge in [-0.2, -0.15) is 0 Å². The zero-order chi connectivity index (χ0) is 33.8. The molecule has 0 bridgehead atoms. The number of benzene rings is 3. The number of aliphatic hydroxyl groups is 1. The summed E-state index contributed by atoms with van der Waals surface area (Å²) in [6, 6.07) is 20.6. The first-order valence-electron chi connectivity index (χ1n) is 15.9. The fourth-order valence-electron chi connectivity index (χ4n) is 6.03. The monoisotopic (exact) mass is 648 g/mol. The highest BCUT2D eigenvalue weighted by atomic mass is 16.5. The number of nitrogens with zero attached hydrogens (tertiary/aromatic N) is 1. The first-order valence-corrected chi connectivity index (χ1v) is 15.9. The summed E-state index contributed by atoms with van der Waals surface area (Å²) in [4.78, 5) is 27.4. The normalized spacial score (nSPS) is 17.1. The number of nitrogens with two attached hydrogens (primary N) is 1. The lowest BCUT2D eigenvalue weighted by molar-refractivity contribution is -0.0728. The number of aryl methyl sites for hydroxylation is 1. The van der Waals surface area contributed by atoms with Crippen LogP contribution in [0.2, 0.25) is 0 Å². The number of carbonyl (C=O) groups excluding carboxylic acids is 1. The Morgan fingerprint density at radius 3 is 2.33 bits per heavy atom. The number of rotatable bonds is 9. The van der Waals surface area contributed by atoms with E-state index in [0.717, 1.165) is 27.8 Å². The van der Waals surface area contributed by atoms with Gasteiger partial charge in [0.15, 0.2) is 11.5 Å². The number of amides is 1. The van der Waals surface area contributed by atoms with Crippen molar-refractivity contribution in [1.82, 2.24) is 9.88 Å². The molecule has 10 heteroatoms. The minimum absolute atomic E-state index is 0.0151. The number of hydrogen-bond acceptors (Lipinski definition) is 8. The van der Waals surface area contributed by atoms with Crippen LogP contribution in [0.4, 0.5) is 5.69 Å². The van der Waals surface area contributed by atoms with Gasteiger partial charge in [-0.3, -0.25) is 9.59 Å². The lowest BCUT2D eigenvalue weighted by atomic mass is 9.94. The molecule has 48 heavy (non-hydrogen) atoms. The highest BCUT2D eigenvalue weighted by molar-refractivity contribution is 6.04. The number of ether oxygens (including phenoxy) is 3. The predicted octanol–water partition coefficient (Wildman–Crippen LogP) is 4.95. The molecule has 0 saturated carbocycles. The minimum atomic E-state index is -1.00. The Morgan fingerprint density at radius 1 is 0.979 bits per heavy atom. The Labute approximate surface area is 279 Å². The summed E-state index contributed by atoms with van der Waals surface area (Å²) in [5.41, 5.74) is 11.3. The summed E-state index contributed by atoms with van der Waals surface area (Å²) >= 11 is 0. The zero-order valence-corrected chi connectivity index (χ0v) is 27.3. The third-order valence-electron chi connectivity index (χ3n) is 8.84. The third-order valence-corrected chi connectivity index (χ3v) is 8.84. The Hall–Kier alpha value is -5.16. The highest BCUT2D eigenvalue weighted by Crippen LogP contribution is 2.33. The number of aromatic nitrogens is 1. The molecule has 1 fully saturated rings. The molecule has 1 saturated heterocycles. The second-order valence-corrected chi connectivity index (χ2v) is 12.2. The molecule has 248 valence electrons. The highest BCUT2D eigenvalue weighted by Gasteiger charge is 2.31. The molecule has 2 aliphatic heterocycles. The number of dihydropyridines is 1. The first-order chi connectivity index (χ1) is 23.2. The van der Waals surface area contributed by atoms with Crippen molar-refractivity contribution in [2.75, 3.05) is 32.8 Å². The van der Waals surface area contributed by atoms with Gasteiger partial charge in [0.05, 0.1) is 26.4 Å². The number of allylic oxidation sites excluding steroid dienone is 2. The molecule has 4 aromatic rings. The van der Waals surface area contributed by atoms with Crippen molar-refractivity contribution in [3.05, 3.63) is 124 Å². The van der Waals surface area contributed by atoms with Gasteiger partial charge < -0.3 is 40.3 Å². The van der Waals surface area contributed by atoms with Gasteiger partial charge >= 0.3 is 0 Å². The quantitative estimate of drug-likeness (QED) is 0.200. The molecular weight excluding hydrogens is 608 g/mol. The van der Waals surface area contributed by atoms with E-state index in [1.54, 1.807) is 37.1 Å². The maximum absolute atomic E-state index is 13.7. The predicted molar refractivity (Wildman–Crippen MR) is 187 cm³/mol. The molecule has 3 aromatic carbocycles. The van der Waals surface area contributed by atoms with Crippen LogP contribution < -0.4 is 31.3 Å². The van der Waals surface area contributed by atoms with Gasteiger partial charge in [0, 0.05) is 55.9 Å². The van der Waals surface area contributed by atoms with Crippen LogP contribution in [0.1, 0.15) is 39.9 Å². The summed E-state index contributed by atoms with van der Waals surface area (Å²) < 4.78 is 18.0. The Morgan fingerprint density at radius 2 is 1.65 bits per heavy atom. The van der Waals surface area contributed by atoms with Gasteiger partial charge in [-0.15, -0.1) is 0 Å². The van der Waals surface area contributed by atoms with Crippen LogP contribution >= 0.6 is 0 Å². The molecule has 0 aliphatic carbocycles. The maximum Gasteiger partial charge on any atom is 0.261 e.